The zero-order valence-electron chi connectivity index (χ0n) is 18.6. The van der Waals surface area contributed by atoms with Gasteiger partial charge in [0.05, 0.1) is 24.1 Å². The van der Waals surface area contributed by atoms with Crippen molar-refractivity contribution in [3.8, 4) is 5.75 Å². The normalized spacial score (nSPS) is 25.0. The van der Waals surface area contributed by atoms with Crippen molar-refractivity contribution >= 4 is 23.4 Å². The first-order valence-electron chi connectivity index (χ1n) is 11.2. The van der Waals surface area contributed by atoms with Crippen LogP contribution in [-0.2, 0) is 19.1 Å². The fourth-order valence-corrected chi connectivity index (χ4v) is 4.29. The van der Waals surface area contributed by atoms with Crippen LogP contribution in [0.25, 0.3) is 0 Å². The molecule has 9 heteroatoms. The van der Waals surface area contributed by atoms with Gasteiger partial charge in [0.25, 0.3) is 5.91 Å². The molecule has 3 amide bonds. The molecule has 0 unspecified atom stereocenters. The largest absolute Gasteiger partial charge is 0.490 e. The average molecular weight is 446 g/mol. The zero-order chi connectivity index (χ0) is 22.7. The quantitative estimate of drug-likeness (QED) is 0.660. The minimum absolute atomic E-state index is 0.0185. The summed E-state index contributed by atoms with van der Waals surface area (Å²) in [5.74, 6) is 0.612. The Morgan fingerprint density at radius 1 is 1.19 bits per heavy atom. The van der Waals surface area contributed by atoms with Crippen molar-refractivity contribution in [2.75, 3.05) is 39.2 Å². The van der Waals surface area contributed by atoms with E-state index in [1.807, 2.05) is 0 Å². The highest BCUT2D eigenvalue weighted by molar-refractivity contribution is 6.00. The minimum Gasteiger partial charge on any atom is -0.490 e. The highest BCUT2D eigenvalue weighted by atomic mass is 16.5. The Bertz CT molecular complexity index is 871. The van der Waals surface area contributed by atoms with Crippen LogP contribution in [-0.4, -0.2) is 74.8 Å². The lowest BCUT2D eigenvalue weighted by Crippen LogP contribution is -2.54. The molecule has 3 atom stereocenters. The van der Waals surface area contributed by atoms with Gasteiger partial charge in [-0.2, -0.15) is 0 Å². The molecule has 0 spiro atoms. The van der Waals surface area contributed by atoms with Gasteiger partial charge in [0, 0.05) is 26.4 Å². The SMILES string of the molecule is COCC(=O)Nc1ccc2c(c1)C(=O)N(C)[C@H]1CC[C@@H](CC(=O)NCC3CC3)O[C@H]1CO2. The third-order valence-corrected chi connectivity index (χ3v) is 6.27. The number of benzene rings is 1. The number of fused-ring (bicyclic) bond motifs is 2. The average Bonchev–Trinajstić information content (AvgIpc) is 3.60. The zero-order valence-corrected chi connectivity index (χ0v) is 18.6. The highest BCUT2D eigenvalue weighted by Crippen LogP contribution is 2.32. The van der Waals surface area contributed by atoms with Gasteiger partial charge in [-0.1, -0.05) is 0 Å². The molecule has 32 heavy (non-hydrogen) atoms. The second kappa shape index (κ2) is 9.87. The molecule has 0 radical (unpaired) electrons. The third kappa shape index (κ3) is 5.39. The Morgan fingerprint density at radius 2 is 2.00 bits per heavy atom. The first-order chi connectivity index (χ1) is 15.4. The fraction of sp³-hybridized carbons (Fsp3) is 0.609. The number of likely N-dealkylation sites (N-methyl/N-ethyl adjacent to an activating group) is 1. The predicted octanol–water partition coefficient (Wildman–Crippen LogP) is 1.57. The summed E-state index contributed by atoms with van der Waals surface area (Å²) in [6, 6.07) is 4.84. The Hall–Kier alpha value is -2.65. The number of methoxy groups -OCH3 is 1. The number of anilines is 1. The maximum atomic E-state index is 13.2. The molecule has 2 heterocycles. The number of hydrogen-bond donors (Lipinski definition) is 2. The Kier molecular flexibility index (Phi) is 6.95. The maximum Gasteiger partial charge on any atom is 0.257 e. The molecular formula is C23H31N3O6. The standard InChI is InChI=1S/C23H31N3O6/c1-26-18-7-6-16(10-21(27)24-11-14-3-4-14)32-20(18)12-31-19-8-5-15(9-17(19)23(26)29)25-22(28)13-30-2/h5,8-9,14,16,18,20H,3-4,6-7,10-13H2,1-2H3,(H,24,27)(H,25,28)/t16-,18-,20-/m0/s1. The molecule has 2 N–H and O–H groups in total. The van der Waals surface area contributed by atoms with Crippen LogP contribution in [0.2, 0.25) is 0 Å². The molecule has 1 saturated heterocycles. The molecule has 1 aromatic rings. The van der Waals surface area contributed by atoms with Crippen molar-refractivity contribution in [2.45, 2.75) is 50.4 Å². The summed E-state index contributed by atoms with van der Waals surface area (Å²) in [6.07, 6.45) is 3.67. The van der Waals surface area contributed by atoms with Crippen molar-refractivity contribution < 1.29 is 28.6 Å². The van der Waals surface area contributed by atoms with Gasteiger partial charge in [-0.05, 0) is 49.8 Å². The van der Waals surface area contributed by atoms with Crippen LogP contribution >= 0.6 is 0 Å². The lowest BCUT2D eigenvalue weighted by atomic mass is 9.94. The molecule has 4 rings (SSSR count). The summed E-state index contributed by atoms with van der Waals surface area (Å²) >= 11 is 0. The second-order valence-electron chi connectivity index (χ2n) is 8.81. The molecule has 3 aliphatic rings. The van der Waals surface area contributed by atoms with Crippen molar-refractivity contribution in [3.63, 3.8) is 0 Å². The Balaban J connectivity index is 1.41. The van der Waals surface area contributed by atoms with E-state index >= 15 is 0 Å². The van der Waals surface area contributed by atoms with E-state index in [0.717, 1.165) is 13.0 Å². The monoisotopic (exact) mass is 445 g/mol. The number of ether oxygens (including phenoxy) is 3. The summed E-state index contributed by atoms with van der Waals surface area (Å²) in [5.41, 5.74) is 0.896. The van der Waals surface area contributed by atoms with E-state index in [1.54, 1.807) is 30.1 Å². The van der Waals surface area contributed by atoms with E-state index in [9.17, 15) is 14.4 Å². The number of hydrogen-bond acceptors (Lipinski definition) is 6. The van der Waals surface area contributed by atoms with Gasteiger partial charge in [-0.25, -0.2) is 0 Å². The van der Waals surface area contributed by atoms with Crippen LogP contribution in [0, 0.1) is 5.92 Å². The van der Waals surface area contributed by atoms with Crippen LogP contribution in [0.15, 0.2) is 18.2 Å². The van der Waals surface area contributed by atoms with Gasteiger partial charge >= 0.3 is 0 Å². The fourth-order valence-electron chi connectivity index (χ4n) is 4.29. The highest BCUT2D eigenvalue weighted by Gasteiger charge is 2.39. The van der Waals surface area contributed by atoms with Gasteiger partial charge in [0.1, 0.15) is 25.1 Å². The smallest absolute Gasteiger partial charge is 0.257 e. The third-order valence-electron chi connectivity index (χ3n) is 6.27. The van der Waals surface area contributed by atoms with E-state index in [1.165, 1.54) is 20.0 Å². The van der Waals surface area contributed by atoms with Gasteiger partial charge in [0.2, 0.25) is 11.8 Å². The molecule has 9 nitrogen and oxygen atoms in total. The van der Waals surface area contributed by atoms with Crippen LogP contribution in [0.1, 0.15) is 42.5 Å². The van der Waals surface area contributed by atoms with Crippen molar-refractivity contribution in [3.05, 3.63) is 23.8 Å². The molecule has 0 bridgehead atoms. The van der Waals surface area contributed by atoms with E-state index in [-0.39, 0.29) is 49.2 Å². The van der Waals surface area contributed by atoms with Gasteiger partial charge < -0.3 is 29.7 Å². The minimum atomic E-state index is -0.312. The summed E-state index contributed by atoms with van der Waals surface area (Å²) < 4.78 is 17.0. The molecule has 1 aliphatic carbocycles. The van der Waals surface area contributed by atoms with E-state index in [4.69, 9.17) is 14.2 Å². The number of nitrogens with zero attached hydrogens (tertiary/aromatic N) is 1. The number of carbonyl (C=O) groups is 3. The lowest BCUT2D eigenvalue weighted by molar-refractivity contribution is -0.134. The number of amides is 3. The number of nitrogens with one attached hydrogen (secondary N) is 2. The molecule has 174 valence electrons. The van der Waals surface area contributed by atoms with E-state index in [0.29, 0.717) is 35.8 Å². The summed E-state index contributed by atoms with van der Waals surface area (Å²) in [4.78, 5) is 38.9. The molecule has 2 aliphatic heterocycles. The van der Waals surface area contributed by atoms with Gasteiger partial charge in [0.15, 0.2) is 0 Å². The van der Waals surface area contributed by atoms with Gasteiger partial charge in [-0.15, -0.1) is 0 Å². The summed E-state index contributed by atoms with van der Waals surface area (Å²) in [6.45, 7) is 0.968. The number of rotatable bonds is 7. The topological polar surface area (TPSA) is 106 Å². The molecular weight excluding hydrogens is 414 g/mol. The van der Waals surface area contributed by atoms with Crippen LogP contribution in [0.4, 0.5) is 5.69 Å². The molecule has 1 aromatic carbocycles. The van der Waals surface area contributed by atoms with Crippen LogP contribution < -0.4 is 15.4 Å². The van der Waals surface area contributed by atoms with Crippen molar-refractivity contribution in [2.24, 2.45) is 5.92 Å². The summed E-state index contributed by atoms with van der Waals surface area (Å²) in [5, 5.41) is 5.70. The second-order valence-corrected chi connectivity index (χ2v) is 8.81. The van der Waals surface area contributed by atoms with Crippen LogP contribution in [0.3, 0.4) is 0 Å². The first kappa shape index (κ1) is 22.5. The Morgan fingerprint density at radius 3 is 2.75 bits per heavy atom. The molecule has 0 aromatic heterocycles. The van der Waals surface area contributed by atoms with Crippen molar-refractivity contribution in [1.82, 2.24) is 10.2 Å². The number of carbonyl (C=O) groups excluding carboxylic acids is 3. The van der Waals surface area contributed by atoms with Crippen LogP contribution in [0.5, 0.6) is 5.75 Å². The molecule has 2 fully saturated rings. The van der Waals surface area contributed by atoms with E-state index in [2.05, 4.69) is 10.6 Å². The molecule has 1 saturated carbocycles. The summed E-state index contributed by atoms with van der Waals surface area (Å²) in [7, 11) is 3.21. The van der Waals surface area contributed by atoms with Crippen molar-refractivity contribution in [1.29, 1.82) is 0 Å². The first-order valence-corrected chi connectivity index (χ1v) is 11.2. The Labute approximate surface area is 187 Å². The predicted molar refractivity (Wildman–Crippen MR) is 117 cm³/mol. The lowest BCUT2D eigenvalue weighted by Gasteiger charge is -2.42. The van der Waals surface area contributed by atoms with E-state index < -0.39 is 0 Å². The maximum absolute atomic E-state index is 13.2. The van der Waals surface area contributed by atoms with Gasteiger partial charge in [-0.3, -0.25) is 14.4 Å².